The summed E-state index contributed by atoms with van der Waals surface area (Å²) in [6, 6.07) is 11.5. The lowest BCUT2D eigenvalue weighted by molar-refractivity contribution is 0.0937. The highest BCUT2D eigenvalue weighted by atomic mass is 16.5. The van der Waals surface area contributed by atoms with Gasteiger partial charge in [-0.05, 0) is 32.3 Å². The van der Waals surface area contributed by atoms with Gasteiger partial charge < -0.3 is 19.9 Å². The van der Waals surface area contributed by atoms with Gasteiger partial charge in [-0.2, -0.15) is 0 Å². The number of hydrogen-bond acceptors (Lipinski definition) is 3. The van der Waals surface area contributed by atoms with E-state index in [4.69, 9.17) is 4.74 Å². The van der Waals surface area contributed by atoms with Gasteiger partial charge in [0.1, 0.15) is 11.4 Å². The van der Waals surface area contributed by atoms with Gasteiger partial charge in [-0.1, -0.05) is 18.2 Å². The van der Waals surface area contributed by atoms with Crippen molar-refractivity contribution in [2.75, 3.05) is 27.7 Å². The number of carbonyl (C=O) groups is 1. The summed E-state index contributed by atoms with van der Waals surface area (Å²) in [5.41, 5.74) is 1.62. The first kappa shape index (κ1) is 15.1. The quantitative estimate of drug-likeness (QED) is 0.855. The largest absolute Gasteiger partial charge is 0.496 e. The van der Waals surface area contributed by atoms with Gasteiger partial charge in [0.05, 0.1) is 13.2 Å². The van der Waals surface area contributed by atoms with Gasteiger partial charge in [-0.15, -0.1) is 0 Å². The number of benzene rings is 1. The molecule has 5 nitrogen and oxygen atoms in total. The highest BCUT2D eigenvalue weighted by molar-refractivity contribution is 5.92. The zero-order valence-corrected chi connectivity index (χ0v) is 12.6. The number of nitrogens with zero attached hydrogens (tertiary/aromatic N) is 1. The standard InChI is InChI=1S/C16H21N3O2/c1-19(2)14(12-7-4-5-9-15(12)21-3)11-18-16(20)13-8-6-10-17-13/h4-10,14,17H,11H2,1-3H3,(H,18,20). The molecule has 0 spiro atoms. The molecule has 21 heavy (non-hydrogen) atoms. The van der Waals surface area contributed by atoms with E-state index in [1.165, 1.54) is 0 Å². The Kier molecular flexibility index (Phi) is 5.00. The molecule has 1 atom stereocenters. The third kappa shape index (κ3) is 3.64. The van der Waals surface area contributed by atoms with E-state index < -0.39 is 0 Å². The van der Waals surface area contributed by atoms with E-state index >= 15 is 0 Å². The number of hydrogen-bond donors (Lipinski definition) is 2. The molecule has 2 N–H and O–H groups in total. The smallest absolute Gasteiger partial charge is 0.267 e. The van der Waals surface area contributed by atoms with Crippen LogP contribution in [0, 0.1) is 0 Å². The summed E-state index contributed by atoms with van der Waals surface area (Å²) in [6.45, 7) is 0.505. The number of para-hydroxylation sites is 1. The number of aromatic amines is 1. The molecule has 0 aliphatic carbocycles. The fraction of sp³-hybridized carbons (Fsp3) is 0.312. The zero-order chi connectivity index (χ0) is 15.2. The number of carbonyl (C=O) groups excluding carboxylic acids is 1. The average Bonchev–Trinajstić information content (AvgIpc) is 3.01. The molecule has 0 saturated heterocycles. The number of likely N-dealkylation sites (N-methyl/N-ethyl adjacent to an activating group) is 1. The molecule has 0 aliphatic rings. The van der Waals surface area contributed by atoms with Gasteiger partial charge >= 0.3 is 0 Å². The number of aromatic nitrogens is 1. The normalized spacial score (nSPS) is 12.2. The van der Waals surface area contributed by atoms with Gasteiger partial charge in [0.25, 0.3) is 5.91 Å². The molecule has 0 saturated carbocycles. The average molecular weight is 287 g/mol. The van der Waals surface area contributed by atoms with Crippen molar-refractivity contribution in [3.8, 4) is 5.75 Å². The van der Waals surface area contributed by atoms with Gasteiger partial charge in [0.2, 0.25) is 0 Å². The van der Waals surface area contributed by atoms with Crippen LogP contribution in [-0.4, -0.2) is 43.5 Å². The van der Waals surface area contributed by atoms with Gasteiger partial charge in [-0.3, -0.25) is 4.79 Å². The second kappa shape index (κ2) is 6.95. The Bertz CT molecular complexity index is 579. The van der Waals surface area contributed by atoms with Crippen molar-refractivity contribution in [2.24, 2.45) is 0 Å². The Morgan fingerprint density at radius 2 is 2.05 bits per heavy atom. The number of methoxy groups -OCH3 is 1. The number of H-pyrrole nitrogens is 1. The minimum atomic E-state index is -0.109. The second-order valence-corrected chi connectivity index (χ2v) is 5.02. The maximum Gasteiger partial charge on any atom is 0.267 e. The van der Waals surface area contributed by atoms with E-state index in [-0.39, 0.29) is 11.9 Å². The monoisotopic (exact) mass is 287 g/mol. The molecule has 1 aromatic carbocycles. The Morgan fingerprint density at radius 1 is 1.29 bits per heavy atom. The van der Waals surface area contributed by atoms with Crippen LogP contribution in [0.4, 0.5) is 0 Å². The van der Waals surface area contributed by atoms with Crippen LogP contribution in [0.5, 0.6) is 5.75 Å². The molecule has 0 aliphatic heterocycles. The van der Waals surface area contributed by atoms with E-state index in [0.717, 1.165) is 11.3 Å². The zero-order valence-electron chi connectivity index (χ0n) is 12.6. The molecule has 1 unspecified atom stereocenters. The summed E-state index contributed by atoms with van der Waals surface area (Å²) in [5.74, 6) is 0.715. The van der Waals surface area contributed by atoms with Gasteiger partial charge in [0, 0.05) is 18.3 Å². The SMILES string of the molecule is COc1ccccc1C(CNC(=O)c1ccc[nH]1)N(C)C. The molecule has 1 aromatic heterocycles. The van der Waals surface area contributed by atoms with Crippen molar-refractivity contribution in [3.05, 3.63) is 53.9 Å². The Labute approximate surface area is 124 Å². The molecular formula is C16H21N3O2. The Morgan fingerprint density at radius 3 is 2.67 bits per heavy atom. The van der Waals surface area contributed by atoms with E-state index in [1.807, 2.05) is 38.4 Å². The van der Waals surface area contributed by atoms with Crippen LogP contribution in [0.3, 0.4) is 0 Å². The Hall–Kier alpha value is -2.27. The lowest BCUT2D eigenvalue weighted by Gasteiger charge is -2.26. The van der Waals surface area contributed by atoms with Crippen LogP contribution in [0.1, 0.15) is 22.1 Å². The lowest BCUT2D eigenvalue weighted by Crippen LogP contribution is -2.34. The number of ether oxygens (including phenoxy) is 1. The summed E-state index contributed by atoms with van der Waals surface area (Å²) in [4.78, 5) is 17.0. The maximum atomic E-state index is 12.0. The van der Waals surface area contributed by atoms with Crippen molar-refractivity contribution < 1.29 is 9.53 Å². The third-order valence-corrected chi connectivity index (χ3v) is 3.42. The summed E-state index contributed by atoms with van der Waals surface area (Å²) >= 11 is 0. The van der Waals surface area contributed by atoms with E-state index in [0.29, 0.717) is 12.2 Å². The fourth-order valence-corrected chi connectivity index (χ4v) is 2.27. The first-order valence-electron chi connectivity index (χ1n) is 6.84. The number of amides is 1. The van der Waals surface area contributed by atoms with E-state index in [9.17, 15) is 4.79 Å². The summed E-state index contributed by atoms with van der Waals surface area (Å²) in [5, 5.41) is 2.95. The van der Waals surface area contributed by atoms with Crippen molar-refractivity contribution >= 4 is 5.91 Å². The molecule has 0 radical (unpaired) electrons. The van der Waals surface area contributed by atoms with Crippen molar-refractivity contribution in [2.45, 2.75) is 6.04 Å². The molecule has 0 bridgehead atoms. The van der Waals surface area contributed by atoms with Gasteiger partial charge in [-0.25, -0.2) is 0 Å². The molecule has 5 heteroatoms. The molecule has 0 fully saturated rings. The van der Waals surface area contributed by atoms with Crippen LogP contribution < -0.4 is 10.1 Å². The van der Waals surface area contributed by atoms with Crippen LogP contribution in [0.15, 0.2) is 42.6 Å². The maximum absolute atomic E-state index is 12.0. The van der Waals surface area contributed by atoms with Crippen LogP contribution in [0.2, 0.25) is 0 Å². The molecule has 1 amide bonds. The molecular weight excluding hydrogens is 266 g/mol. The summed E-state index contributed by atoms with van der Waals surface area (Å²) in [7, 11) is 5.62. The minimum absolute atomic E-state index is 0.0417. The number of rotatable bonds is 6. The molecule has 112 valence electrons. The first-order valence-corrected chi connectivity index (χ1v) is 6.84. The summed E-state index contributed by atoms with van der Waals surface area (Å²) < 4.78 is 5.41. The molecule has 2 rings (SSSR count). The topological polar surface area (TPSA) is 57.4 Å². The molecule has 1 heterocycles. The second-order valence-electron chi connectivity index (χ2n) is 5.02. The van der Waals surface area contributed by atoms with Crippen molar-refractivity contribution in [1.82, 2.24) is 15.2 Å². The summed E-state index contributed by atoms with van der Waals surface area (Å²) in [6.07, 6.45) is 1.73. The highest BCUT2D eigenvalue weighted by Gasteiger charge is 2.19. The number of nitrogens with one attached hydrogen (secondary N) is 2. The predicted octanol–water partition coefficient (Wildman–Crippen LogP) is 2.06. The first-order chi connectivity index (χ1) is 10.1. The predicted molar refractivity (Wildman–Crippen MR) is 82.5 cm³/mol. The highest BCUT2D eigenvalue weighted by Crippen LogP contribution is 2.27. The van der Waals surface area contributed by atoms with Crippen LogP contribution in [-0.2, 0) is 0 Å². The van der Waals surface area contributed by atoms with E-state index in [2.05, 4.69) is 15.2 Å². The fourth-order valence-electron chi connectivity index (χ4n) is 2.27. The van der Waals surface area contributed by atoms with Crippen molar-refractivity contribution in [1.29, 1.82) is 0 Å². The Balaban J connectivity index is 2.11. The lowest BCUT2D eigenvalue weighted by atomic mass is 10.0. The van der Waals surface area contributed by atoms with Crippen LogP contribution >= 0.6 is 0 Å². The van der Waals surface area contributed by atoms with Crippen LogP contribution in [0.25, 0.3) is 0 Å². The molecule has 2 aromatic rings. The minimum Gasteiger partial charge on any atom is -0.496 e. The van der Waals surface area contributed by atoms with Gasteiger partial charge in [0.15, 0.2) is 0 Å². The third-order valence-electron chi connectivity index (χ3n) is 3.42. The van der Waals surface area contributed by atoms with E-state index in [1.54, 1.807) is 25.4 Å². The van der Waals surface area contributed by atoms with Crippen molar-refractivity contribution in [3.63, 3.8) is 0 Å².